The number of nitrogens with zero attached hydrogens (tertiary/aromatic N) is 1. The van der Waals surface area contributed by atoms with Gasteiger partial charge in [0.15, 0.2) is 0 Å². The van der Waals surface area contributed by atoms with Gasteiger partial charge in [-0.25, -0.2) is 0 Å². The zero-order valence-corrected chi connectivity index (χ0v) is 14.6. The Morgan fingerprint density at radius 3 is 2.67 bits per heavy atom. The second-order valence-corrected chi connectivity index (χ2v) is 6.44. The number of hydrogen-bond donors (Lipinski definition) is 1. The minimum absolute atomic E-state index is 0.0190. The molecule has 1 amide bonds. The first-order valence-corrected chi connectivity index (χ1v) is 7.77. The largest absolute Gasteiger partial charge is 0.322 e. The lowest BCUT2D eigenvalue weighted by molar-refractivity contribution is -0.385. The molecule has 0 aliphatic rings. The van der Waals surface area contributed by atoms with Crippen LogP contribution in [0.25, 0.3) is 0 Å². The lowest BCUT2D eigenvalue weighted by atomic mass is 10.1. The highest BCUT2D eigenvalue weighted by Crippen LogP contribution is 2.24. The summed E-state index contributed by atoms with van der Waals surface area (Å²) in [6.45, 7) is 1.65. The van der Waals surface area contributed by atoms with Crippen LogP contribution in [0.4, 0.5) is 11.4 Å². The summed E-state index contributed by atoms with van der Waals surface area (Å²) < 4.78 is 1.60. The van der Waals surface area contributed by atoms with Gasteiger partial charge in [0.25, 0.3) is 11.6 Å². The van der Waals surface area contributed by atoms with Crippen molar-refractivity contribution in [1.29, 1.82) is 0 Å². The van der Waals surface area contributed by atoms with Crippen molar-refractivity contribution in [2.45, 2.75) is 6.92 Å². The van der Waals surface area contributed by atoms with Crippen LogP contribution in [-0.2, 0) is 0 Å². The van der Waals surface area contributed by atoms with Crippen molar-refractivity contribution in [3.05, 3.63) is 65.7 Å². The Balaban J connectivity index is 2.29. The summed E-state index contributed by atoms with van der Waals surface area (Å²) in [5.41, 5.74) is 1.40. The fourth-order valence-electron chi connectivity index (χ4n) is 1.75. The molecule has 0 heterocycles. The standard InChI is InChI=1S/C14H10BrIN2O3/c1-8-2-4-10(7-13(8)18(20)21)17-14(19)11-6-9(16)3-5-12(11)15/h2-7H,1H3,(H,17,19). The number of nitro groups is 1. The molecule has 0 aliphatic heterocycles. The minimum Gasteiger partial charge on any atom is -0.322 e. The molecule has 21 heavy (non-hydrogen) atoms. The molecule has 0 aromatic heterocycles. The highest BCUT2D eigenvalue weighted by atomic mass is 127. The van der Waals surface area contributed by atoms with Crippen molar-refractivity contribution >= 4 is 55.8 Å². The van der Waals surface area contributed by atoms with Crippen LogP contribution in [0.3, 0.4) is 0 Å². The molecule has 2 aromatic carbocycles. The first-order valence-electron chi connectivity index (χ1n) is 5.90. The number of carbonyl (C=O) groups is 1. The average molecular weight is 461 g/mol. The lowest BCUT2D eigenvalue weighted by Gasteiger charge is -2.08. The van der Waals surface area contributed by atoms with Crippen LogP contribution in [-0.4, -0.2) is 10.8 Å². The SMILES string of the molecule is Cc1ccc(NC(=O)c2cc(I)ccc2Br)cc1[N+](=O)[O-]. The summed E-state index contributed by atoms with van der Waals surface area (Å²) in [4.78, 5) is 22.7. The first kappa shape index (κ1) is 15.9. The first-order chi connectivity index (χ1) is 9.88. The molecular formula is C14H10BrIN2O3. The number of aryl methyl sites for hydroxylation is 1. The highest BCUT2D eigenvalue weighted by Gasteiger charge is 2.14. The van der Waals surface area contributed by atoms with Gasteiger partial charge >= 0.3 is 0 Å². The number of anilines is 1. The smallest absolute Gasteiger partial charge is 0.274 e. The van der Waals surface area contributed by atoms with Crippen LogP contribution >= 0.6 is 38.5 Å². The Labute approximate surface area is 143 Å². The maximum atomic E-state index is 12.2. The summed E-state index contributed by atoms with van der Waals surface area (Å²) in [6.07, 6.45) is 0. The van der Waals surface area contributed by atoms with E-state index in [2.05, 4.69) is 43.8 Å². The van der Waals surface area contributed by atoms with Gasteiger partial charge in [-0.2, -0.15) is 0 Å². The van der Waals surface area contributed by atoms with Crippen molar-refractivity contribution < 1.29 is 9.72 Å². The van der Waals surface area contributed by atoms with Gasteiger partial charge in [0, 0.05) is 25.4 Å². The molecule has 2 aromatic rings. The average Bonchev–Trinajstić information content (AvgIpc) is 2.43. The van der Waals surface area contributed by atoms with E-state index in [0.29, 0.717) is 21.3 Å². The molecule has 0 bridgehead atoms. The summed E-state index contributed by atoms with van der Waals surface area (Å²) in [5.74, 6) is -0.321. The predicted octanol–water partition coefficient (Wildman–Crippen LogP) is 4.52. The fourth-order valence-corrected chi connectivity index (χ4v) is 2.67. The minimum atomic E-state index is -0.466. The van der Waals surface area contributed by atoms with Crippen LogP contribution in [0, 0.1) is 20.6 Å². The Morgan fingerprint density at radius 2 is 2.00 bits per heavy atom. The van der Waals surface area contributed by atoms with E-state index in [1.54, 1.807) is 31.2 Å². The van der Waals surface area contributed by atoms with Crippen molar-refractivity contribution in [3.8, 4) is 0 Å². The van der Waals surface area contributed by atoms with E-state index in [-0.39, 0.29) is 11.6 Å². The number of carbonyl (C=O) groups excluding carboxylic acids is 1. The zero-order chi connectivity index (χ0) is 15.6. The van der Waals surface area contributed by atoms with Gasteiger partial charge < -0.3 is 5.32 Å². The Hall–Kier alpha value is -1.48. The van der Waals surface area contributed by atoms with Crippen molar-refractivity contribution in [2.75, 3.05) is 5.32 Å². The lowest BCUT2D eigenvalue weighted by Crippen LogP contribution is -2.13. The Kier molecular flexibility index (Phi) is 4.94. The molecule has 0 aliphatic carbocycles. The molecule has 0 unspecified atom stereocenters. The van der Waals surface area contributed by atoms with Gasteiger partial charge in [0.2, 0.25) is 0 Å². The second kappa shape index (κ2) is 6.52. The van der Waals surface area contributed by atoms with E-state index >= 15 is 0 Å². The number of nitrogens with one attached hydrogen (secondary N) is 1. The van der Waals surface area contributed by atoms with E-state index in [1.165, 1.54) is 6.07 Å². The Bertz CT molecular complexity index is 734. The maximum Gasteiger partial charge on any atom is 0.274 e. The number of halogens is 2. The molecule has 0 saturated carbocycles. The third-order valence-electron chi connectivity index (χ3n) is 2.84. The van der Waals surface area contributed by atoms with Crippen molar-refractivity contribution in [3.63, 3.8) is 0 Å². The zero-order valence-electron chi connectivity index (χ0n) is 10.9. The summed E-state index contributed by atoms with van der Waals surface area (Å²) in [5, 5.41) is 13.6. The van der Waals surface area contributed by atoms with Gasteiger partial charge in [-0.1, -0.05) is 6.07 Å². The van der Waals surface area contributed by atoms with Crippen LogP contribution in [0.1, 0.15) is 15.9 Å². The van der Waals surface area contributed by atoms with E-state index < -0.39 is 4.92 Å². The highest BCUT2D eigenvalue weighted by molar-refractivity contribution is 14.1. The molecule has 0 spiro atoms. The second-order valence-electron chi connectivity index (χ2n) is 4.34. The summed E-state index contributed by atoms with van der Waals surface area (Å²) >= 11 is 5.44. The van der Waals surface area contributed by atoms with Gasteiger partial charge in [0.1, 0.15) is 0 Å². The van der Waals surface area contributed by atoms with E-state index in [9.17, 15) is 14.9 Å². The maximum absolute atomic E-state index is 12.2. The third-order valence-corrected chi connectivity index (χ3v) is 4.20. The normalized spacial score (nSPS) is 10.2. The number of amides is 1. The third kappa shape index (κ3) is 3.79. The molecule has 2 rings (SSSR count). The molecule has 7 heteroatoms. The van der Waals surface area contributed by atoms with Crippen LogP contribution in [0.15, 0.2) is 40.9 Å². The molecule has 0 saturated heterocycles. The van der Waals surface area contributed by atoms with Crippen LogP contribution in [0.5, 0.6) is 0 Å². The van der Waals surface area contributed by atoms with Gasteiger partial charge in [-0.3, -0.25) is 14.9 Å². The topological polar surface area (TPSA) is 72.2 Å². The monoisotopic (exact) mass is 460 g/mol. The van der Waals surface area contributed by atoms with Crippen molar-refractivity contribution in [1.82, 2.24) is 0 Å². The van der Waals surface area contributed by atoms with Gasteiger partial charge in [-0.05, 0) is 69.7 Å². The van der Waals surface area contributed by atoms with Gasteiger partial charge in [-0.15, -0.1) is 0 Å². The molecule has 0 radical (unpaired) electrons. The van der Waals surface area contributed by atoms with Crippen molar-refractivity contribution in [2.24, 2.45) is 0 Å². The molecule has 0 atom stereocenters. The quantitative estimate of drug-likeness (QED) is 0.415. The van der Waals surface area contributed by atoms with Crippen LogP contribution in [0.2, 0.25) is 0 Å². The van der Waals surface area contributed by atoms with Gasteiger partial charge in [0.05, 0.1) is 10.5 Å². The van der Waals surface area contributed by atoms with Crippen LogP contribution < -0.4 is 5.32 Å². The summed E-state index contributed by atoms with van der Waals surface area (Å²) in [7, 11) is 0. The van der Waals surface area contributed by atoms with E-state index in [1.807, 2.05) is 6.07 Å². The Morgan fingerprint density at radius 1 is 1.29 bits per heavy atom. The van der Waals surface area contributed by atoms with E-state index in [4.69, 9.17) is 0 Å². The molecular weight excluding hydrogens is 451 g/mol. The number of benzene rings is 2. The predicted molar refractivity (Wildman–Crippen MR) is 92.6 cm³/mol. The molecule has 108 valence electrons. The summed E-state index contributed by atoms with van der Waals surface area (Å²) in [6, 6.07) is 10.0. The van der Waals surface area contributed by atoms with E-state index in [0.717, 1.165) is 3.57 Å². The molecule has 0 fully saturated rings. The number of hydrogen-bond acceptors (Lipinski definition) is 3. The molecule has 1 N–H and O–H groups in total. The number of rotatable bonds is 3. The molecule has 5 nitrogen and oxygen atoms in total. The fraction of sp³-hybridized carbons (Fsp3) is 0.0714. The number of nitro benzene ring substituents is 1.